The number of esters is 1. The van der Waals surface area contributed by atoms with E-state index < -0.39 is 18.5 Å². The standard InChI is InChI=1S/C27H27ClN2O7/c1-34-22-14-15-23(24(16-22)35-2)30-26(32)17-36-27(33)5-3-4-25(31)29-19-8-12-21(13-9-19)37-20-10-6-18(28)7-11-20/h6-16H,3-5,17H2,1-2H3,(H,29,31)(H,30,32). The van der Waals surface area contributed by atoms with Gasteiger partial charge in [0, 0.05) is 29.6 Å². The molecule has 0 aliphatic heterocycles. The lowest BCUT2D eigenvalue weighted by atomic mass is 10.2. The molecule has 0 fully saturated rings. The maximum absolute atomic E-state index is 12.2. The van der Waals surface area contributed by atoms with E-state index in [9.17, 15) is 14.4 Å². The number of anilines is 2. The largest absolute Gasteiger partial charge is 0.497 e. The molecule has 0 aromatic heterocycles. The Morgan fingerprint density at radius 3 is 2.05 bits per heavy atom. The number of nitrogens with one attached hydrogen (secondary N) is 2. The Morgan fingerprint density at radius 1 is 0.757 bits per heavy atom. The fourth-order valence-corrected chi connectivity index (χ4v) is 3.29. The lowest BCUT2D eigenvalue weighted by Crippen LogP contribution is -2.21. The maximum Gasteiger partial charge on any atom is 0.306 e. The van der Waals surface area contributed by atoms with Crippen LogP contribution in [-0.2, 0) is 19.1 Å². The molecule has 194 valence electrons. The molecule has 0 aliphatic carbocycles. The molecule has 0 unspecified atom stereocenters. The van der Waals surface area contributed by atoms with Gasteiger partial charge in [-0.3, -0.25) is 14.4 Å². The zero-order valence-electron chi connectivity index (χ0n) is 20.4. The Hall–Kier alpha value is -4.24. The Morgan fingerprint density at radius 2 is 1.41 bits per heavy atom. The van der Waals surface area contributed by atoms with Crippen LogP contribution in [0.2, 0.25) is 5.02 Å². The fourth-order valence-electron chi connectivity index (χ4n) is 3.17. The van der Waals surface area contributed by atoms with Crippen LogP contribution in [0.3, 0.4) is 0 Å². The molecule has 0 spiro atoms. The van der Waals surface area contributed by atoms with Gasteiger partial charge in [-0.05, 0) is 67.1 Å². The predicted molar refractivity (Wildman–Crippen MR) is 140 cm³/mol. The average Bonchev–Trinajstić information content (AvgIpc) is 2.90. The first-order valence-electron chi connectivity index (χ1n) is 11.4. The van der Waals surface area contributed by atoms with E-state index >= 15 is 0 Å². The third-order valence-corrected chi connectivity index (χ3v) is 5.27. The van der Waals surface area contributed by atoms with Crippen LogP contribution in [0.1, 0.15) is 19.3 Å². The van der Waals surface area contributed by atoms with Crippen LogP contribution >= 0.6 is 11.6 Å². The van der Waals surface area contributed by atoms with Crippen molar-refractivity contribution in [2.45, 2.75) is 19.3 Å². The van der Waals surface area contributed by atoms with Crippen LogP contribution in [0.5, 0.6) is 23.0 Å². The van der Waals surface area contributed by atoms with Gasteiger partial charge >= 0.3 is 5.97 Å². The second-order valence-corrected chi connectivity index (χ2v) is 8.19. The Balaban J connectivity index is 1.34. The first kappa shape index (κ1) is 27.3. The lowest BCUT2D eigenvalue weighted by molar-refractivity contribution is -0.147. The molecule has 3 aromatic carbocycles. The van der Waals surface area contributed by atoms with Gasteiger partial charge in [0.25, 0.3) is 5.91 Å². The van der Waals surface area contributed by atoms with Crippen LogP contribution in [0.15, 0.2) is 66.7 Å². The molecule has 0 saturated heterocycles. The topological polar surface area (TPSA) is 112 Å². The molecule has 0 saturated carbocycles. The number of ether oxygens (including phenoxy) is 4. The van der Waals surface area contributed by atoms with Crippen LogP contribution in [0.4, 0.5) is 11.4 Å². The van der Waals surface area contributed by atoms with E-state index in [1.54, 1.807) is 66.7 Å². The molecule has 2 amide bonds. The fraction of sp³-hybridized carbons (Fsp3) is 0.222. The van der Waals surface area contributed by atoms with E-state index in [0.29, 0.717) is 39.4 Å². The van der Waals surface area contributed by atoms with E-state index in [1.807, 2.05) is 0 Å². The number of carbonyl (C=O) groups is 3. The van der Waals surface area contributed by atoms with Crippen LogP contribution in [0.25, 0.3) is 0 Å². The summed E-state index contributed by atoms with van der Waals surface area (Å²) >= 11 is 5.87. The van der Waals surface area contributed by atoms with Crippen LogP contribution in [0, 0.1) is 0 Å². The first-order valence-corrected chi connectivity index (χ1v) is 11.7. The smallest absolute Gasteiger partial charge is 0.306 e. The van der Waals surface area contributed by atoms with Crippen molar-refractivity contribution in [3.05, 3.63) is 71.8 Å². The van der Waals surface area contributed by atoms with Gasteiger partial charge in [-0.1, -0.05) is 11.6 Å². The number of hydrogen-bond donors (Lipinski definition) is 2. The molecule has 9 nitrogen and oxygen atoms in total. The Labute approximate surface area is 219 Å². The number of hydrogen-bond acceptors (Lipinski definition) is 7. The maximum atomic E-state index is 12.2. The molecule has 3 rings (SSSR count). The summed E-state index contributed by atoms with van der Waals surface area (Å²) in [5.41, 5.74) is 1.02. The van der Waals surface area contributed by atoms with Crippen molar-refractivity contribution in [2.75, 3.05) is 31.5 Å². The van der Waals surface area contributed by atoms with Crippen molar-refractivity contribution in [2.24, 2.45) is 0 Å². The van der Waals surface area contributed by atoms with Gasteiger partial charge in [0.1, 0.15) is 23.0 Å². The molecular weight excluding hydrogens is 500 g/mol. The first-order chi connectivity index (χ1) is 17.9. The Kier molecular flexibility index (Phi) is 10.2. The number of methoxy groups -OCH3 is 2. The molecule has 0 bridgehead atoms. The highest BCUT2D eigenvalue weighted by Crippen LogP contribution is 2.29. The van der Waals surface area contributed by atoms with E-state index in [1.165, 1.54) is 14.2 Å². The number of benzene rings is 3. The third-order valence-electron chi connectivity index (χ3n) is 5.02. The quantitative estimate of drug-likeness (QED) is 0.302. The second kappa shape index (κ2) is 13.7. The van der Waals surface area contributed by atoms with E-state index in [0.717, 1.165) is 0 Å². The summed E-state index contributed by atoms with van der Waals surface area (Å²) in [6.45, 7) is -0.454. The summed E-state index contributed by atoms with van der Waals surface area (Å²) in [6.07, 6.45) is 0.393. The summed E-state index contributed by atoms with van der Waals surface area (Å²) in [4.78, 5) is 36.3. The highest BCUT2D eigenvalue weighted by atomic mass is 35.5. The zero-order chi connectivity index (χ0) is 26.6. The molecule has 0 radical (unpaired) electrons. The molecular formula is C27H27ClN2O7. The van der Waals surface area contributed by atoms with Crippen molar-refractivity contribution in [3.63, 3.8) is 0 Å². The number of amides is 2. The van der Waals surface area contributed by atoms with Crippen molar-refractivity contribution in [1.29, 1.82) is 0 Å². The van der Waals surface area contributed by atoms with Crippen molar-refractivity contribution >= 4 is 40.8 Å². The van der Waals surface area contributed by atoms with Gasteiger partial charge in [0.2, 0.25) is 5.91 Å². The minimum absolute atomic E-state index is 0.000424. The molecule has 0 heterocycles. The van der Waals surface area contributed by atoms with Gasteiger partial charge in [-0.25, -0.2) is 0 Å². The van der Waals surface area contributed by atoms with Crippen LogP contribution < -0.4 is 24.8 Å². The Bertz CT molecular complexity index is 1210. The minimum Gasteiger partial charge on any atom is -0.497 e. The van der Waals surface area contributed by atoms with Crippen molar-refractivity contribution < 1.29 is 33.3 Å². The van der Waals surface area contributed by atoms with E-state index in [-0.39, 0.29) is 25.2 Å². The zero-order valence-corrected chi connectivity index (χ0v) is 21.2. The molecule has 3 aromatic rings. The van der Waals surface area contributed by atoms with Crippen molar-refractivity contribution in [1.82, 2.24) is 0 Å². The molecule has 2 N–H and O–H groups in total. The highest BCUT2D eigenvalue weighted by molar-refractivity contribution is 6.30. The summed E-state index contributed by atoms with van der Waals surface area (Å²) in [7, 11) is 2.99. The SMILES string of the molecule is COc1ccc(NC(=O)COC(=O)CCCC(=O)Nc2ccc(Oc3ccc(Cl)cc3)cc2)c(OC)c1. The lowest BCUT2D eigenvalue weighted by Gasteiger charge is -2.12. The second-order valence-electron chi connectivity index (χ2n) is 7.76. The van der Waals surface area contributed by atoms with Gasteiger partial charge in [0.15, 0.2) is 6.61 Å². The summed E-state index contributed by atoms with van der Waals surface area (Å²) in [6, 6.07) is 18.8. The normalized spacial score (nSPS) is 10.2. The average molecular weight is 527 g/mol. The summed E-state index contributed by atoms with van der Waals surface area (Å²) < 4.78 is 21.0. The van der Waals surface area contributed by atoms with E-state index in [2.05, 4.69) is 10.6 Å². The third kappa shape index (κ3) is 9.05. The molecule has 0 aliphatic rings. The predicted octanol–water partition coefficient (Wildman–Crippen LogP) is 5.44. The summed E-state index contributed by atoms with van der Waals surface area (Å²) in [5.74, 6) is 0.901. The van der Waals surface area contributed by atoms with Gasteiger partial charge in [-0.2, -0.15) is 0 Å². The van der Waals surface area contributed by atoms with Gasteiger partial charge in [0.05, 0.1) is 19.9 Å². The monoisotopic (exact) mass is 526 g/mol. The number of halogens is 1. The highest BCUT2D eigenvalue weighted by Gasteiger charge is 2.12. The molecule has 37 heavy (non-hydrogen) atoms. The molecule has 0 atom stereocenters. The van der Waals surface area contributed by atoms with Gasteiger partial charge in [-0.15, -0.1) is 0 Å². The van der Waals surface area contributed by atoms with E-state index in [4.69, 9.17) is 30.5 Å². The number of rotatable bonds is 12. The molecule has 10 heteroatoms. The van der Waals surface area contributed by atoms with Crippen LogP contribution in [-0.4, -0.2) is 38.6 Å². The van der Waals surface area contributed by atoms with Gasteiger partial charge < -0.3 is 29.6 Å². The van der Waals surface area contributed by atoms with Crippen molar-refractivity contribution in [3.8, 4) is 23.0 Å². The minimum atomic E-state index is -0.576. The summed E-state index contributed by atoms with van der Waals surface area (Å²) in [5, 5.41) is 6.00. The number of carbonyl (C=O) groups excluding carboxylic acids is 3.